The van der Waals surface area contributed by atoms with Crippen LogP contribution in [-0.2, 0) is 27.4 Å². The molecule has 1 fully saturated rings. The Kier molecular flexibility index (Phi) is 9.05. The standard InChI is InChI=1S/C29H33N3O4/c30-18-21-11-13-24(14-12-21)28(33)32-27(29(34)35-20-23-7-5-15-31-19-23)17-22-6-4-10-26(16-22)36-25-8-2-1-3-9-25/h1-10,15-16,19,21,24,27H,11-14,17-18,20,30H2,(H,32,33). The number of hydrogen-bond donors (Lipinski definition) is 2. The van der Waals surface area contributed by atoms with Crippen LogP contribution in [0.25, 0.3) is 0 Å². The molecule has 1 aromatic heterocycles. The summed E-state index contributed by atoms with van der Waals surface area (Å²) in [7, 11) is 0. The second-order valence-electron chi connectivity index (χ2n) is 9.25. The normalized spacial score (nSPS) is 18.1. The second-order valence-corrected chi connectivity index (χ2v) is 9.25. The third-order valence-electron chi connectivity index (χ3n) is 6.57. The van der Waals surface area contributed by atoms with Gasteiger partial charge >= 0.3 is 5.97 Å². The van der Waals surface area contributed by atoms with Crippen molar-refractivity contribution < 1.29 is 19.1 Å². The molecule has 1 atom stereocenters. The van der Waals surface area contributed by atoms with Gasteiger partial charge in [0.2, 0.25) is 5.91 Å². The van der Waals surface area contributed by atoms with E-state index in [1.54, 1.807) is 18.5 Å². The molecule has 1 saturated carbocycles. The number of rotatable bonds is 10. The van der Waals surface area contributed by atoms with E-state index in [4.69, 9.17) is 15.2 Å². The summed E-state index contributed by atoms with van der Waals surface area (Å²) < 4.78 is 11.5. The summed E-state index contributed by atoms with van der Waals surface area (Å²) in [6.07, 6.45) is 7.05. The number of carbonyl (C=O) groups is 2. The largest absolute Gasteiger partial charge is 0.459 e. The highest BCUT2D eigenvalue weighted by Gasteiger charge is 2.30. The molecule has 1 aliphatic rings. The van der Waals surface area contributed by atoms with E-state index in [-0.39, 0.29) is 18.4 Å². The Balaban J connectivity index is 1.44. The highest BCUT2D eigenvalue weighted by atomic mass is 16.5. The average Bonchev–Trinajstić information content (AvgIpc) is 2.92. The molecule has 0 saturated heterocycles. The molecule has 1 aliphatic carbocycles. The van der Waals surface area contributed by atoms with Gasteiger partial charge in [-0.1, -0.05) is 36.4 Å². The van der Waals surface area contributed by atoms with Crippen molar-refractivity contribution in [2.45, 2.75) is 44.8 Å². The first-order chi connectivity index (χ1) is 17.6. The molecule has 3 N–H and O–H groups in total. The van der Waals surface area contributed by atoms with E-state index in [1.807, 2.05) is 60.7 Å². The molecule has 0 bridgehead atoms. The molecule has 4 rings (SSSR count). The summed E-state index contributed by atoms with van der Waals surface area (Å²) in [4.78, 5) is 30.3. The summed E-state index contributed by atoms with van der Waals surface area (Å²) >= 11 is 0. The van der Waals surface area contributed by atoms with E-state index in [1.165, 1.54) is 0 Å². The molecule has 0 radical (unpaired) electrons. The van der Waals surface area contributed by atoms with Crippen LogP contribution in [0.2, 0.25) is 0 Å². The van der Waals surface area contributed by atoms with Crippen LogP contribution in [0.4, 0.5) is 0 Å². The van der Waals surface area contributed by atoms with Crippen LogP contribution in [0.15, 0.2) is 79.1 Å². The lowest BCUT2D eigenvalue weighted by molar-refractivity contribution is -0.149. The first-order valence-corrected chi connectivity index (χ1v) is 12.5. The maximum atomic E-state index is 13.1. The second kappa shape index (κ2) is 12.8. The first kappa shape index (κ1) is 25.4. The number of aromatic nitrogens is 1. The Bertz CT molecular complexity index is 1120. The van der Waals surface area contributed by atoms with Crippen molar-refractivity contribution in [2.24, 2.45) is 17.6 Å². The topological polar surface area (TPSA) is 104 Å². The molecule has 7 nitrogen and oxygen atoms in total. The molecule has 36 heavy (non-hydrogen) atoms. The lowest BCUT2D eigenvalue weighted by Gasteiger charge is -2.28. The van der Waals surface area contributed by atoms with Crippen LogP contribution in [0, 0.1) is 11.8 Å². The zero-order chi connectivity index (χ0) is 25.2. The van der Waals surface area contributed by atoms with Crippen molar-refractivity contribution in [1.82, 2.24) is 10.3 Å². The van der Waals surface area contributed by atoms with Crippen LogP contribution in [-0.4, -0.2) is 29.4 Å². The predicted molar refractivity (Wildman–Crippen MR) is 137 cm³/mol. The van der Waals surface area contributed by atoms with Gasteiger partial charge in [-0.25, -0.2) is 4.79 Å². The molecule has 1 unspecified atom stereocenters. The minimum atomic E-state index is -0.812. The van der Waals surface area contributed by atoms with Crippen molar-refractivity contribution in [3.05, 3.63) is 90.3 Å². The number of nitrogens with two attached hydrogens (primary N) is 1. The van der Waals surface area contributed by atoms with Gasteiger partial charge in [-0.05, 0) is 74.0 Å². The maximum Gasteiger partial charge on any atom is 0.329 e. The fourth-order valence-corrected chi connectivity index (χ4v) is 4.48. The molecule has 0 spiro atoms. The Morgan fingerprint density at radius 3 is 2.42 bits per heavy atom. The van der Waals surface area contributed by atoms with Gasteiger partial charge in [-0.3, -0.25) is 9.78 Å². The summed E-state index contributed by atoms with van der Waals surface area (Å²) in [5.74, 6) is 1.16. The molecule has 3 aromatic rings. The molecule has 1 heterocycles. The predicted octanol–water partition coefficient (Wildman–Crippen LogP) is 4.41. The summed E-state index contributed by atoms with van der Waals surface area (Å²) in [5, 5.41) is 2.97. The van der Waals surface area contributed by atoms with Crippen molar-refractivity contribution in [2.75, 3.05) is 6.54 Å². The van der Waals surface area contributed by atoms with Crippen LogP contribution in [0.3, 0.4) is 0 Å². The number of pyridine rings is 1. The highest BCUT2D eigenvalue weighted by Crippen LogP contribution is 2.28. The average molecular weight is 488 g/mol. The lowest BCUT2D eigenvalue weighted by Crippen LogP contribution is -2.46. The minimum Gasteiger partial charge on any atom is -0.459 e. The molecule has 188 valence electrons. The molecular weight excluding hydrogens is 454 g/mol. The first-order valence-electron chi connectivity index (χ1n) is 12.5. The number of nitrogens with zero attached hydrogens (tertiary/aromatic N) is 1. The Hall–Kier alpha value is -3.71. The molecular formula is C29H33N3O4. The fraction of sp³-hybridized carbons (Fsp3) is 0.345. The number of esters is 1. The minimum absolute atomic E-state index is 0.0950. The number of benzene rings is 2. The number of ether oxygens (including phenoxy) is 2. The van der Waals surface area contributed by atoms with Gasteiger partial charge in [0.05, 0.1) is 0 Å². The number of nitrogens with one attached hydrogen (secondary N) is 1. The number of carbonyl (C=O) groups excluding carboxylic acids is 2. The smallest absolute Gasteiger partial charge is 0.329 e. The fourth-order valence-electron chi connectivity index (χ4n) is 4.48. The van der Waals surface area contributed by atoms with Gasteiger partial charge in [0.1, 0.15) is 24.1 Å². The summed E-state index contributed by atoms with van der Waals surface area (Å²) in [6.45, 7) is 0.747. The van der Waals surface area contributed by atoms with E-state index in [0.717, 1.165) is 42.6 Å². The van der Waals surface area contributed by atoms with Crippen molar-refractivity contribution in [3.8, 4) is 11.5 Å². The van der Waals surface area contributed by atoms with Gasteiger partial charge < -0.3 is 20.5 Å². The summed E-state index contributed by atoms with van der Waals surface area (Å²) in [6, 6.07) is 19.9. The Labute approximate surface area is 212 Å². The molecule has 0 aliphatic heterocycles. The van der Waals surface area contributed by atoms with Crippen LogP contribution < -0.4 is 15.8 Å². The van der Waals surface area contributed by atoms with Gasteiger partial charge in [-0.15, -0.1) is 0 Å². The van der Waals surface area contributed by atoms with Gasteiger partial charge in [0, 0.05) is 30.3 Å². The number of hydrogen-bond acceptors (Lipinski definition) is 6. The van der Waals surface area contributed by atoms with Gasteiger partial charge in [-0.2, -0.15) is 0 Å². The third-order valence-corrected chi connectivity index (χ3v) is 6.57. The van der Waals surface area contributed by atoms with Gasteiger partial charge in [0.25, 0.3) is 0 Å². The Morgan fingerprint density at radius 1 is 0.944 bits per heavy atom. The van der Waals surface area contributed by atoms with Crippen molar-refractivity contribution >= 4 is 11.9 Å². The zero-order valence-electron chi connectivity index (χ0n) is 20.3. The lowest BCUT2D eigenvalue weighted by atomic mass is 9.81. The maximum absolute atomic E-state index is 13.1. The van der Waals surface area contributed by atoms with Crippen molar-refractivity contribution in [1.29, 1.82) is 0 Å². The molecule has 1 amide bonds. The molecule has 2 aromatic carbocycles. The van der Waals surface area contributed by atoms with E-state index < -0.39 is 12.0 Å². The van der Waals surface area contributed by atoms with E-state index >= 15 is 0 Å². The Morgan fingerprint density at radius 2 is 1.69 bits per heavy atom. The van der Waals surface area contributed by atoms with Gasteiger partial charge in [0.15, 0.2) is 0 Å². The number of amides is 1. The third kappa shape index (κ3) is 7.39. The van der Waals surface area contributed by atoms with E-state index in [2.05, 4.69) is 10.3 Å². The summed E-state index contributed by atoms with van der Waals surface area (Å²) in [5.41, 5.74) is 7.44. The highest BCUT2D eigenvalue weighted by molar-refractivity contribution is 5.86. The quantitative estimate of drug-likeness (QED) is 0.411. The van der Waals surface area contributed by atoms with Crippen molar-refractivity contribution in [3.63, 3.8) is 0 Å². The SMILES string of the molecule is NCC1CCC(C(=O)NC(Cc2cccc(Oc3ccccc3)c2)C(=O)OCc2cccnc2)CC1. The molecule has 7 heteroatoms. The van der Waals surface area contributed by atoms with E-state index in [9.17, 15) is 9.59 Å². The zero-order valence-corrected chi connectivity index (χ0v) is 20.3. The monoisotopic (exact) mass is 487 g/mol. The van der Waals surface area contributed by atoms with Crippen LogP contribution >= 0.6 is 0 Å². The number of para-hydroxylation sites is 1. The van der Waals surface area contributed by atoms with E-state index in [0.29, 0.717) is 24.6 Å². The van der Waals surface area contributed by atoms with Crippen LogP contribution in [0.1, 0.15) is 36.8 Å². The van der Waals surface area contributed by atoms with Crippen LogP contribution in [0.5, 0.6) is 11.5 Å².